The molecule has 1 aliphatic heterocycles. The van der Waals surface area contributed by atoms with Crippen LogP contribution in [-0.2, 0) is 16.0 Å². The van der Waals surface area contributed by atoms with Gasteiger partial charge >= 0.3 is 6.03 Å². The molecule has 0 bridgehead atoms. The predicted octanol–water partition coefficient (Wildman–Crippen LogP) is 0.792. The number of nitrogens with zero attached hydrogens (tertiary/aromatic N) is 1. The molecule has 5 amide bonds. The predicted molar refractivity (Wildman–Crippen MR) is 127 cm³/mol. The third-order valence-corrected chi connectivity index (χ3v) is 5.61. The van der Waals surface area contributed by atoms with Gasteiger partial charge in [-0.3, -0.25) is 14.4 Å². The average Bonchev–Trinajstić information content (AvgIpc) is 3.48. The van der Waals surface area contributed by atoms with Crippen molar-refractivity contribution in [2.24, 2.45) is 5.73 Å². The molecule has 3 atom stereocenters. The van der Waals surface area contributed by atoms with Crippen LogP contribution in [0.2, 0.25) is 0 Å². The van der Waals surface area contributed by atoms with E-state index in [1.807, 2.05) is 13.8 Å². The lowest BCUT2D eigenvalue weighted by Gasteiger charge is -2.25. The zero-order valence-corrected chi connectivity index (χ0v) is 19.9. The van der Waals surface area contributed by atoms with Crippen LogP contribution in [0.25, 0.3) is 0 Å². The standard InChI is InChI=1S/C24H31N5O6/c1-14(2)26-24(33)27-16-12-19(29(13-16)23(32)20-5-4-10-35-20)22(31)28-18(21(25)30)11-15-6-8-17(34-3)9-7-15/h4-10,14,16,18-19H,11-13H2,1-3H3,(H2,25,30)(H,28,31)(H2,26,27,33)/t16-,18-,19-/m0/s1. The number of carbonyl (C=O) groups is 4. The summed E-state index contributed by atoms with van der Waals surface area (Å²) in [6.07, 6.45) is 1.70. The van der Waals surface area contributed by atoms with E-state index in [9.17, 15) is 19.2 Å². The number of carbonyl (C=O) groups excluding carboxylic acids is 4. The summed E-state index contributed by atoms with van der Waals surface area (Å²) in [7, 11) is 1.55. The van der Waals surface area contributed by atoms with Gasteiger partial charge in [-0.2, -0.15) is 0 Å². The van der Waals surface area contributed by atoms with Crippen molar-refractivity contribution in [3.05, 3.63) is 54.0 Å². The molecule has 11 nitrogen and oxygen atoms in total. The molecule has 3 rings (SSSR count). The van der Waals surface area contributed by atoms with Gasteiger partial charge in [0.15, 0.2) is 5.76 Å². The van der Waals surface area contributed by atoms with Crippen LogP contribution in [0.4, 0.5) is 4.79 Å². The van der Waals surface area contributed by atoms with E-state index in [4.69, 9.17) is 14.9 Å². The van der Waals surface area contributed by atoms with Crippen molar-refractivity contribution in [1.82, 2.24) is 20.9 Å². The van der Waals surface area contributed by atoms with Crippen molar-refractivity contribution in [2.45, 2.75) is 50.9 Å². The maximum absolute atomic E-state index is 13.3. The van der Waals surface area contributed by atoms with Crippen LogP contribution >= 0.6 is 0 Å². The van der Waals surface area contributed by atoms with Gasteiger partial charge in [0.1, 0.15) is 17.8 Å². The van der Waals surface area contributed by atoms with E-state index in [-0.39, 0.29) is 31.2 Å². The van der Waals surface area contributed by atoms with Crippen LogP contribution in [0.15, 0.2) is 47.1 Å². The molecular weight excluding hydrogens is 454 g/mol. The molecule has 1 saturated heterocycles. The molecular formula is C24H31N5O6. The SMILES string of the molecule is COc1ccc(C[C@H](NC(=O)[C@@H]2C[C@H](NC(=O)NC(C)C)CN2C(=O)c2ccco2)C(N)=O)cc1. The Kier molecular flexibility index (Phi) is 8.34. The van der Waals surface area contributed by atoms with Crippen LogP contribution in [-0.4, -0.2) is 66.5 Å². The number of methoxy groups -OCH3 is 1. The van der Waals surface area contributed by atoms with E-state index in [1.54, 1.807) is 37.4 Å². The summed E-state index contributed by atoms with van der Waals surface area (Å²) in [5.41, 5.74) is 6.33. The number of nitrogens with two attached hydrogens (primary N) is 1. The number of benzene rings is 1. The number of ether oxygens (including phenoxy) is 1. The van der Waals surface area contributed by atoms with Crippen molar-refractivity contribution in [2.75, 3.05) is 13.7 Å². The third-order valence-electron chi connectivity index (χ3n) is 5.61. The van der Waals surface area contributed by atoms with Crippen molar-refractivity contribution in [3.8, 4) is 5.75 Å². The van der Waals surface area contributed by atoms with Crippen LogP contribution in [0, 0.1) is 0 Å². The Labute approximate surface area is 203 Å². The number of hydrogen-bond acceptors (Lipinski definition) is 6. The Morgan fingerprint density at radius 1 is 1.14 bits per heavy atom. The number of furan rings is 1. The van der Waals surface area contributed by atoms with Crippen LogP contribution in [0.3, 0.4) is 0 Å². The number of likely N-dealkylation sites (tertiary alicyclic amines) is 1. The van der Waals surface area contributed by atoms with E-state index in [2.05, 4.69) is 16.0 Å². The largest absolute Gasteiger partial charge is 0.497 e. The maximum Gasteiger partial charge on any atom is 0.315 e. The van der Waals surface area contributed by atoms with Crippen molar-refractivity contribution in [3.63, 3.8) is 0 Å². The second-order valence-electron chi connectivity index (χ2n) is 8.67. The normalized spacial score (nSPS) is 18.1. The molecule has 1 aliphatic rings. The minimum absolute atomic E-state index is 0.0692. The first kappa shape index (κ1) is 25.6. The lowest BCUT2D eigenvalue weighted by Crippen LogP contribution is -2.53. The molecule has 0 aliphatic carbocycles. The summed E-state index contributed by atoms with van der Waals surface area (Å²) in [6.45, 7) is 3.75. The van der Waals surface area contributed by atoms with Gasteiger partial charge in [-0.1, -0.05) is 12.1 Å². The van der Waals surface area contributed by atoms with E-state index in [0.717, 1.165) is 5.56 Å². The number of rotatable bonds is 9. The number of hydrogen-bond donors (Lipinski definition) is 4. The highest BCUT2D eigenvalue weighted by Crippen LogP contribution is 2.22. The van der Waals surface area contributed by atoms with Gasteiger partial charge in [0.25, 0.3) is 5.91 Å². The van der Waals surface area contributed by atoms with E-state index >= 15 is 0 Å². The minimum Gasteiger partial charge on any atom is -0.497 e. The number of urea groups is 1. The Morgan fingerprint density at radius 3 is 2.43 bits per heavy atom. The highest BCUT2D eigenvalue weighted by molar-refractivity contribution is 5.97. The quantitative estimate of drug-likeness (QED) is 0.411. The van der Waals surface area contributed by atoms with Gasteiger partial charge in [-0.05, 0) is 50.1 Å². The first-order chi connectivity index (χ1) is 16.7. The average molecular weight is 486 g/mol. The third kappa shape index (κ3) is 6.75. The fourth-order valence-corrected chi connectivity index (χ4v) is 3.93. The molecule has 0 radical (unpaired) electrons. The molecule has 0 spiro atoms. The minimum atomic E-state index is -0.993. The molecule has 188 valence electrons. The summed E-state index contributed by atoms with van der Waals surface area (Å²) in [6, 6.07) is 7.23. The second kappa shape index (κ2) is 11.4. The Balaban J connectivity index is 1.74. The Hall–Kier alpha value is -4.02. The monoisotopic (exact) mass is 485 g/mol. The lowest BCUT2D eigenvalue weighted by molar-refractivity contribution is -0.129. The molecule has 1 aromatic heterocycles. The van der Waals surface area contributed by atoms with Gasteiger partial charge in [-0.15, -0.1) is 0 Å². The smallest absolute Gasteiger partial charge is 0.315 e. The molecule has 2 heterocycles. The second-order valence-corrected chi connectivity index (χ2v) is 8.67. The van der Waals surface area contributed by atoms with E-state index in [0.29, 0.717) is 5.75 Å². The van der Waals surface area contributed by atoms with Gasteiger partial charge in [0.2, 0.25) is 11.8 Å². The van der Waals surface area contributed by atoms with Crippen LogP contribution in [0.5, 0.6) is 5.75 Å². The summed E-state index contributed by atoms with van der Waals surface area (Å²) in [5, 5.41) is 8.19. The maximum atomic E-state index is 13.3. The van der Waals surface area contributed by atoms with Gasteiger partial charge in [0, 0.05) is 19.0 Å². The first-order valence-electron chi connectivity index (χ1n) is 11.3. The summed E-state index contributed by atoms with van der Waals surface area (Å²) in [4.78, 5) is 51.9. The number of amides is 5. The fourth-order valence-electron chi connectivity index (χ4n) is 3.93. The molecule has 0 saturated carbocycles. The van der Waals surface area contributed by atoms with Crippen LogP contribution < -0.4 is 26.4 Å². The molecule has 11 heteroatoms. The van der Waals surface area contributed by atoms with Gasteiger partial charge < -0.3 is 35.7 Å². The molecule has 1 aromatic carbocycles. The number of primary amides is 1. The Morgan fingerprint density at radius 2 is 1.86 bits per heavy atom. The molecule has 2 aromatic rings. The summed E-state index contributed by atoms with van der Waals surface area (Å²) >= 11 is 0. The topological polar surface area (TPSA) is 156 Å². The zero-order chi connectivity index (χ0) is 25.5. The highest BCUT2D eigenvalue weighted by Gasteiger charge is 2.42. The molecule has 0 unspecified atom stereocenters. The molecule has 5 N–H and O–H groups in total. The van der Waals surface area contributed by atoms with Crippen molar-refractivity contribution < 1.29 is 28.3 Å². The zero-order valence-electron chi connectivity index (χ0n) is 19.9. The van der Waals surface area contributed by atoms with Crippen LogP contribution in [0.1, 0.15) is 36.4 Å². The summed E-state index contributed by atoms with van der Waals surface area (Å²) in [5.74, 6) is -1.02. The highest BCUT2D eigenvalue weighted by atomic mass is 16.5. The van der Waals surface area contributed by atoms with Gasteiger partial charge in [0.05, 0.1) is 19.4 Å². The van der Waals surface area contributed by atoms with Gasteiger partial charge in [-0.25, -0.2) is 4.79 Å². The summed E-state index contributed by atoms with van der Waals surface area (Å²) < 4.78 is 10.4. The van der Waals surface area contributed by atoms with E-state index in [1.165, 1.54) is 17.2 Å². The molecule has 1 fully saturated rings. The lowest BCUT2D eigenvalue weighted by atomic mass is 10.0. The Bertz CT molecular complexity index is 1040. The van der Waals surface area contributed by atoms with E-state index < -0.39 is 41.9 Å². The first-order valence-corrected chi connectivity index (χ1v) is 11.3. The number of nitrogens with one attached hydrogen (secondary N) is 3. The fraction of sp³-hybridized carbons (Fsp3) is 0.417. The van der Waals surface area contributed by atoms with Crippen molar-refractivity contribution in [1.29, 1.82) is 0 Å². The molecule has 35 heavy (non-hydrogen) atoms. The van der Waals surface area contributed by atoms with Crippen molar-refractivity contribution >= 4 is 23.8 Å².